The number of aromatic nitrogens is 2. The van der Waals surface area contributed by atoms with Crippen molar-refractivity contribution in [2.24, 2.45) is 0 Å². The summed E-state index contributed by atoms with van der Waals surface area (Å²) < 4.78 is 2.42. The van der Waals surface area contributed by atoms with Crippen molar-refractivity contribution in [3.8, 4) is 5.69 Å². The van der Waals surface area contributed by atoms with E-state index in [1.807, 2.05) is 0 Å². The molecule has 0 atom stereocenters. The molecule has 0 saturated heterocycles. The zero-order valence-electron chi connectivity index (χ0n) is 23.2. The number of nitrogens with one attached hydrogen (secondary N) is 1. The Balaban J connectivity index is 1.62. The van der Waals surface area contributed by atoms with Gasteiger partial charge < -0.3 is 9.55 Å². The van der Waals surface area contributed by atoms with Crippen LogP contribution in [0.5, 0.6) is 0 Å². The second kappa shape index (κ2) is 9.64. The van der Waals surface area contributed by atoms with E-state index in [9.17, 15) is 0 Å². The monoisotopic (exact) mass is 538 g/mol. The number of aromatic amines is 1. The van der Waals surface area contributed by atoms with Gasteiger partial charge in [-0.2, -0.15) is 0 Å². The molecule has 7 aromatic rings. The topological polar surface area (TPSA) is 20.7 Å². The van der Waals surface area contributed by atoms with E-state index in [4.69, 9.17) is 0 Å². The highest BCUT2D eigenvalue weighted by atomic mass is 15.0. The maximum Gasteiger partial charge on any atom is 0.0878 e. The van der Waals surface area contributed by atoms with Gasteiger partial charge in [-0.3, -0.25) is 0 Å². The Kier molecular flexibility index (Phi) is 5.61. The molecule has 0 bridgehead atoms. The van der Waals surface area contributed by atoms with Gasteiger partial charge in [0.05, 0.1) is 10.8 Å². The van der Waals surface area contributed by atoms with Crippen LogP contribution >= 0.6 is 0 Å². The summed E-state index contributed by atoms with van der Waals surface area (Å²) in [5.41, 5.74) is 9.96. The van der Waals surface area contributed by atoms with Crippen LogP contribution in [0.1, 0.15) is 44.8 Å². The lowest BCUT2D eigenvalue weighted by molar-refractivity contribution is 0.584. The number of nitrogens with zero attached hydrogens (tertiary/aromatic N) is 1. The average molecular weight is 539 g/mol. The smallest absolute Gasteiger partial charge is 0.0878 e. The number of H-pyrrole nitrogens is 1. The fraction of sp³-hybridized carbons (Fsp3) is 0.0500. The molecule has 0 radical (unpaired) electrons. The fourth-order valence-electron chi connectivity index (χ4n) is 7.45. The summed E-state index contributed by atoms with van der Waals surface area (Å²) in [4.78, 5) is 3.82. The minimum absolute atomic E-state index is 0.552. The maximum absolute atomic E-state index is 3.82. The van der Waals surface area contributed by atoms with E-state index in [-0.39, 0.29) is 0 Å². The third-order valence-electron chi connectivity index (χ3n) is 9.03. The molecular weight excluding hydrogens is 508 g/mol. The Morgan fingerprint density at radius 1 is 0.405 bits per heavy atom. The molecule has 2 heteroatoms. The summed E-state index contributed by atoms with van der Waals surface area (Å²) in [6, 6.07) is 59.4. The molecule has 2 nitrogen and oxygen atoms in total. The molecule has 0 saturated carbocycles. The molecule has 1 aliphatic rings. The summed E-state index contributed by atoms with van der Waals surface area (Å²) in [6.45, 7) is 0. The molecule has 2 heterocycles. The summed E-state index contributed by atoms with van der Waals surface area (Å²) >= 11 is 0. The van der Waals surface area contributed by atoms with Crippen LogP contribution in [0, 0.1) is 0 Å². The van der Waals surface area contributed by atoms with Gasteiger partial charge in [0.1, 0.15) is 0 Å². The molecule has 5 aromatic carbocycles. The van der Waals surface area contributed by atoms with Crippen LogP contribution in [0.3, 0.4) is 0 Å². The Morgan fingerprint density at radius 2 is 0.833 bits per heavy atom. The molecule has 1 aliphatic carbocycles. The first-order valence-corrected chi connectivity index (χ1v) is 14.5. The van der Waals surface area contributed by atoms with Gasteiger partial charge >= 0.3 is 0 Å². The number of hydrogen-bond acceptors (Lipinski definition) is 0. The van der Waals surface area contributed by atoms with Gasteiger partial charge in [-0.05, 0) is 57.6 Å². The summed E-state index contributed by atoms with van der Waals surface area (Å²) in [5, 5.41) is 0. The number of para-hydroxylation sites is 1. The molecular formula is C40H30N2. The molecule has 0 amide bonds. The second-order valence-electron chi connectivity index (χ2n) is 11.0. The second-order valence-corrected chi connectivity index (χ2v) is 11.0. The number of benzene rings is 5. The van der Waals surface area contributed by atoms with Crippen LogP contribution in [0.2, 0.25) is 0 Å². The summed E-state index contributed by atoms with van der Waals surface area (Å²) in [5.74, 6) is 0. The van der Waals surface area contributed by atoms with Crippen molar-refractivity contribution in [1.29, 1.82) is 0 Å². The Morgan fingerprint density at radius 3 is 1.31 bits per heavy atom. The molecule has 0 fully saturated rings. The summed E-state index contributed by atoms with van der Waals surface area (Å²) in [6.07, 6.45) is 4.40. The lowest BCUT2D eigenvalue weighted by Crippen LogP contribution is -2.45. The van der Waals surface area contributed by atoms with Crippen LogP contribution in [-0.4, -0.2) is 9.55 Å². The molecule has 1 N–H and O–H groups in total. The Hall–Kier alpha value is -5.34. The normalized spacial score (nSPS) is 14.6. The molecule has 200 valence electrons. The van der Waals surface area contributed by atoms with Crippen molar-refractivity contribution >= 4 is 0 Å². The highest BCUT2D eigenvalue weighted by Crippen LogP contribution is 2.60. The molecule has 2 aromatic heterocycles. The molecule has 0 aliphatic heterocycles. The van der Waals surface area contributed by atoms with E-state index in [0.29, 0.717) is 0 Å². The van der Waals surface area contributed by atoms with Gasteiger partial charge in [-0.25, -0.2) is 0 Å². The lowest BCUT2D eigenvalue weighted by atomic mass is 9.54. The van der Waals surface area contributed by atoms with Crippen molar-refractivity contribution in [1.82, 2.24) is 9.55 Å². The standard InChI is InChI=1S/C40H30N2/c1-6-16-30(17-7-1)39(31-18-8-2-9-19-31)36-27-29-42(34-24-14-5-15-25-34)38(36)40(32-20-10-3-11-21-32,33-22-12-4-13-23-33)35-26-28-41-37(35)39/h1-29,41H. The van der Waals surface area contributed by atoms with E-state index in [0.717, 1.165) is 5.69 Å². The van der Waals surface area contributed by atoms with E-state index >= 15 is 0 Å². The number of fused-ring (bicyclic) bond motifs is 2. The third-order valence-corrected chi connectivity index (χ3v) is 9.03. The van der Waals surface area contributed by atoms with Crippen molar-refractivity contribution in [2.75, 3.05) is 0 Å². The van der Waals surface area contributed by atoms with Gasteiger partial charge in [-0.15, -0.1) is 0 Å². The van der Waals surface area contributed by atoms with Gasteiger partial charge in [-0.1, -0.05) is 140 Å². The van der Waals surface area contributed by atoms with Gasteiger partial charge in [0.2, 0.25) is 0 Å². The first-order valence-electron chi connectivity index (χ1n) is 14.5. The number of hydrogen-bond donors (Lipinski definition) is 1. The minimum Gasteiger partial charge on any atom is -0.363 e. The predicted octanol–water partition coefficient (Wildman–Crippen LogP) is 8.88. The third kappa shape index (κ3) is 3.27. The first kappa shape index (κ1) is 24.5. The molecule has 8 rings (SSSR count). The Bertz CT molecular complexity index is 1870. The SMILES string of the molecule is c1ccc(-n2ccc3c2C(c2ccccc2)(c2ccccc2)c2cc[nH]c2C3(c2ccccc2)c2ccccc2)cc1. The highest BCUT2D eigenvalue weighted by Gasteiger charge is 2.56. The summed E-state index contributed by atoms with van der Waals surface area (Å²) in [7, 11) is 0. The first-order chi connectivity index (χ1) is 20.9. The minimum atomic E-state index is -0.570. The molecule has 0 spiro atoms. The predicted molar refractivity (Wildman–Crippen MR) is 170 cm³/mol. The van der Waals surface area contributed by atoms with Gasteiger partial charge in [0.15, 0.2) is 0 Å². The zero-order valence-corrected chi connectivity index (χ0v) is 23.2. The van der Waals surface area contributed by atoms with E-state index in [1.54, 1.807) is 0 Å². The van der Waals surface area contributed by atoms with Crippen LogP contribution in [0.25, 0.3) is 5.69 Å². The van der Waals surface area contributed by atoms with Crippen molar-refractivity contribution in [3.05, 3.63) is 221 Å². The Labute approximate surface area is 246 Å². The van der Waals surface area contributed by atoms with Crippen LogP contribution in [0.15, 0.2) is 176 Å². The van der Waals surface area contributed by atoms with E-state index in [2.05, 4.69) is 186 Å². The largest absolute Gasteiger partial charge is 0.363 e. The highest BCUT2D eigenvalue weighted by molar-refractivity contribution is 5.74. The molecule has 0 unspecified atom stereocenters. The maximum atomic E-state index is 3.82. The number of rotatable bonds is 5. The van der Waals surface area contributed by atoms with E-state index in [1.165, 1.54) is 44.8 Å². The van der Waals surface area contributed by atoms with Crippen LogP contribution < -0.4 is 0 Å². The van der Waals surface area contributed by atoms with Crippen molar-refractivity contribution < 1.29 is 0 Å². The van der Waals surface area contributed by atoms with E-state index < -0.39 is 10.8 Å². The average Bonchev–Trinajstić information content (AvgIpc) is 3.75. The van der Waals surface area contributed by atoms with Crippen LogP contribution in [0.4, 0.5) is 0 Å². The fourth-order valence-corrected chi connectivity index (χ4v) is 7.45. The zero-order chi connectivity index (χ0) is 28.0. The molecule has 42 heavy (non-hydrogen) atoms. The van der Waals surface area contributed by atoms with Gasteiger partial charge in [0.25, 0.3) is 0 Å². The quantitative estimate of drug-likeness (QED) is 0.226. The lowest BCUT2D eigenvalue weighted by Gasteiger charge is -2.48. The van der Waals surface area contributed by atoms with Crippen molar-refractivity contribution in [3.63, 3.8) is 0 Å². The van der Waals surface area contributed by atoms with Crippen molar-refractivity contribution in [2.45, 2.75) is 10.8 Å². The van der Waals surface area contributed by atoms with Gasteiger partial charge in [0, 0.05) is 29.5 Å². The van der Waals surface area contributed by atoms with Crippen LogP contribution in [-0.2, 0) is 10.8 Å².